The van der Waals surface area contributed by atoms with Crippen molar-refractivity contribution >= 4 is 12.1 Å². The Bertz CT molecular complexity index is 404. The van der Waals surface area contributed by atoms with E-state index < -0.39 is 0 Å². The zero-order chi connectivity index (χ0) is 10.8. The Hall–Kier alpha value is -1.65. The molecule has 1 amide bonds. The summed E-state index contributed by atoms with van der Waals surface area (Å²) in [6.07, 6.45) is 5.34. The summed E-state index contributed by atoms with van der Waals surface area (Å²) in [5.74, 6) is 0.213. The number of carbonyl (C=O) groups is 1. The highest BCUT2D eigenvalue weighted by atomic mass is 16.2. The van der Waals surface area contributed by atoms with Gasteiger partial charge < -0.3 is 0 Å². The second kappa shape index (κ2) is 3.84. The molecule has 1 heterocycles. The van der Waals surface area contributed by atoms with Crippen LogP contribution in [0.5, 0.6) is 0 Å². The standard InChI is InChI=1S/C10H14N4O/c1-7-9(6-12-14(7)2)5-11-13-10(15)8-3-4-8/h5-6,8H,3-4H2,1-2H3,(H,13,15)/b11-5+. The molecule has 1 aliphatic carbocycles. The van der Waals surface area contributed by atoms with Crippen LogP contribution >= 0.6 is 0 Å². The van der Waals surface area contributed by atoms with Crippen molar-refractivity contribution < 1.29 is 4.79 Å². The fourth-order valence-electron chi connectivity index (χ4n) is 1.24. The molecule has 0 atom stereocenters. The number of hydrazone groups is 1. The van der Waals surface area contributed by atoms with Crippen LogP contribution in [0.15, 0.2) is 11.3 Å². The van der Waals surface area contributed by atoms with Crippen LogP contribution in [-0.2, 0) is 11.8 Å². The third-order valence-electron chi connectivity index (χ3n) is 2.60. The van der Waals surface area contributed by atoms with E-state index in [0.717, 1.165) is 24.1 Å². The lowest BCUT2D eigenvalue weighted by Crippen LogP contribution is -2.18. The highest BCUT2D eigenvalue weighted by Crippen LogP contribution is 2.28. The third kappa shape index (κ3) is 2.23. The number of amides is 1. The van der Waals surface area contributed by atoms with Gasteiger partial charge in [0.25, 0.3) is 0 Å². The summed E-state index contributed by atoms with van der Waals surface area (Å²) < 4.78 is 1.77. The monoisotopic (exact) mass is 206 g/mol. The summed E-state index contributed by atoms with van der Waals surface area (Å²) in [7, 11) is 1.87. The van der Waals surface area contributed by atoms with Crippen LogP contribution in [0.3, 0.4) is 0 Å². The van der Waals surface area contributed by atoms with Gasteiger partial charge in [-0.05, 0) is 19.8 Å². The fourth-order valence-corrected chi connectivity index (χ4v) is 1.24. The van der Waals surface area contributed by atoms with Crippen molar-refractivity contribution in [2.75, 3.05) is 0 Å². The number of aryl methyl sites for hydroxylation is 1. The van der Waals surface area contributed by atoms with Gasteiger partial charge in [-0.2, -0.15) is 10.2 Å². The first-order valence-corrected chi connectivity index (χ1v) is 5.00. The van der Waals surface area contributed by atoms with E-state index in [0.29, 0.717) is 0 Å². The fraction of sp³-hybridized carbons (Fsp3) is 0.500. The summed E-state index contributed by atoms with van der Waals surface area (Å²) in [5, 5.41) is 7.97. The first-order chi connectivity index (χ1) is 7.18. The Kier molecular flexibility index (Phi) is 2.53. The number of hydrogen-bond acceptors (Lipinski definition) is 3. The smallest absolute Gasteiger partial charge is 0.243 e. The van der Waals surface area contributed by atoms with Gasteiger partial charge in [-0.1, -0.05) is 0 Å². The van der Waals surface area contributed by atoms with E-state index >= 15 is 0 Å². The van der Waals surface area contributed by atoms with Gasteiger partial charge in [-0.15, -0.1) is 0 Å². The molecular weight excluding hydrogens is 192 g/mol. The molecule has 1 N–H and O–H groups in total. The molecule has 5 nitrogen and oxygen atoms in total. The molecule has 0 aromatic carbocycles. The van der Waals surface area contributed by atoms with Gasteiger partial charge in [-0.3, -0.25) is 9.48 Å². The predicted octanol–water partition coefficient (Wildman–Crippen LogP) is 0.589. The molecule has 80 valence electrons. The maximum Gasteiger partial charge on any atom is 0.243 e. The minimum Gasteiger partial charge on any atom is -0.273 e. The van der Waals surface area contributed by atoms with Gasteiger partial charge in [-0.25, -0.2) is 5.43 Å². The summed E-state index contributed by atoms with van der Waals surface area (Å²) >= 11 is 0. The minimum atomic E-state index is 0.0211. The van der Waals surface area contributed by atoms with Crippen LogP contribution in [0.1, 0.15) is 24.1 Å². The zero-order valence-electron chi connectivity index (χ0n) is 8.90. The molecule has 0 saturated heterocycles. The Balaban J connectivity index is 1.93. The van der Waals surface area contributed by atoms with E-state index in [1.807, 2.05) is 14.0 Å². The molecule has 1 aromatic heterocycles. The van der Waals surface area contributed by atoms with Crippen molar-refractivity contribution in [1.82, 2.24) is 15.2 Å². The molecule has 15 heavy (non-hydrogen) atoms. The molecule has 0 spiro atoms. The molecule has 0 bridgehead atoms. The summed E-state index contributed by atoms with van der Waals surface area (Å²) in [6, 6.07) is 0. The topological polar surface area (TPSA) is 59.3 Å². The van der Waals surface area contributed by atoms with E-state index in [2.05, 4.69) is 15.6 Å². The first kappa shape index (κ1) is 9.89. The molecule has 2 rings (SSSR count). The largest absolute Gasteiger partial charge is 0.273 e. The van der Waals surface area contributed by atoms with Gasteiger partial charge in [0.05, 0.1) is 12.4 Å². The van der Waals surface area contributed by atoms with E-state index in [1.54, 1.807) is 17.1 Å². The molecule has 1 saturated carbocycles. The van der Waals surface area contributed by atoms with Gasteiger partial charge >= 0.3 is 0 Å². The Labute approximate surface area is 88.2 Å². The maximum atomic E-state index is 11.2. The average Bonchev–Trinajstić information content (AvgIpc) is 3.00. The quantitative estimate of drug-likeness (QED) is 0.581. The van der Waals surface area contributed by atoms with E-state index in [-0.39, 0.29) is 11.8 Å². The predicted molar refractivity (Wildman–Crippen MR) is 56.4 cm³/mol. The average molecular weight is 206 g/mol. The summed E-state index contributed by atoms with van der Waals surface area (Å²) in [4.78, 5) is 11.2. The number of carbonyl (C=O) groups excluding carboxylic acids is 1. The second-order valence-corrected chi connectivity index (χ2v) is 3.82. The van der Waals surface area contributed by atoms with E-state index in [1.165, 1.54) is 0 Å². The molecule has 1 fully saturated rings. The second-order valence-electron chi connectivity index (χ2n) is 3.82. The van der Waals surface area contributed by atoms with Crippen molar-refractivity contribution in [3.63, 3.8) is 0 Å². The molecule has 1 aromatic rings. The first-order valence-electron chi connectivity index (χ1n) is 5.00. The van der Waals surface area contributed by atoms with Crippen LogP contribution < -0.4 is 5.43 Å². The Morgan fingerprint density at radius 2 is 2.47 bits per heavy atom. The van der Waals surface area contributed by atoms with Crippen molar-refractivity contribution in [2.24, 2.45) is 18.1 Å². The number of nitrogens with one attached hydrogen (secondary N) is 1. The SMILES string of the molecule is Cc1c(/C=N/NC(=O)C2CC2)cnn1C. The highest BCUT2D eigenvalue weighted by molar-refractivity contribution is 5.84. The van der Waals surface area contributed by atoms with Crippen LogP contribution in [0.25, 0.3) is 0 Å². The maximum absolute atomic E-state index is 11.2. The zero-order valence-corrected chi connectivity index (χ0v) is 8.90. The van der Waals surface area contributed by atoms with E-state index in [4.69, 9.17) is 0 Å². The van der Waals surface area contributed by atoms with Crippen molar-refractivity contribution in [3.8, 4) is 0 Å². The Morgan fingerprint density at radius 3 is 3.00 bits per heavy atom. The highest BCUT2D eigenvalue weighted by Gasteiger charge is 2.29. The van der Waals surface area contributed by atoms with E-state index in [9.17, 15) is 4.79 Å². The lowest BCUT2D eigenvalue weighted by Gasteiger charge is -1.95. The lowest BCUT2D eigenvalue weighted by molar-refractivity contribution is -0.122. The van der Waals surface area contributed by atoms with Gasteiger partial charge in [0.15, 0.2) is 0 Å². The molecule has 0 radical (unpaired) electrons. The van der Waals surface area contributed by atoms with Gasteiger partial charge in [0, 0.05) is 24.2 Å². The lowest BCUT2D eigenvalue weighted by atomic mass is 10.3. The van der Waals surface area contributed by atoms with Crippen LogP contribution in [0.2, 0.25) is 0 Å². The molecular formula is C10H14N4O. The molecule has 0 unspecified atom stereocenters. The van der Waals surface area contributed by atoms with Gasteiger partial charge in [0.1, 0.15) is 0 Å². The number of hydrogen-bond donors (Lipinski definition) is 1. The van der Waals surface area contributed by atoms with Crippen LogP contribution in [0, 0.1) is 12.8 Å². The van der Waals surface area contributed by atoms with Crippen molar-refractivity contribution in [2.45, 2.75) is 19.8 Å². The number of nitrogens with zero attached hydrogens (tertiary/aromatic N) is 3. The number of aromatic nitrogens is 2. The van der Waals surface area contributed by atoms with Crippen LogP contribution in [0.4, 0.5) is 0 Å². The molecule has 0 aliphatic heterocycles. The summed E-state index contributed by atoms with van der Waals surface area (Å²) in [5.41, 5.74) is 4.47. The minimum absolute atomic E-state index is 0.0211. The Morgan fingerprint density at radius 1 is 1.73 bits per heavy atom. The van der Waals surface area contributed by atoms with Crippen molar-refractivity contribution in [3.05, 3.63) is 17.5 Å². The summed E-state index contributed by atoms with van der Waals surface area (Å²) in [6.45, 7) is 1.96. The molecule has 5 heteroatoms. The number of rotatable bonds is 3. The van der Waals surface area contributed by atoms with Gasteiger partial charge in [0.2, 0.25) is 5.91 Å². The van der Waals surface area contributed by atoms with Crippen LogP contribution in [-0.4, -0.2) is 21.9 Å². The third-order valence-corrected chi connectivity index (χ3v) is 2.60. The normalized spacial score (nSPS) is 15.9. The molecule has 1 aliphatic rings. The van der Waals surface area contributed by atoms with Crippen molar-refractivity contribution in [1.29, 1.82) is 0 Å².